The van der Waals surface area contributed by atoms with Crippen molar-refractivity contribution in [2.24, 2.45) is 0 Å². The number of H-pyrrole nitrogens is 1. The van der Waals surface area contributed by atoms with E-state index in [0.29, 0.717) is 5.82 Å². The van der Waals surface area contributed by atoms with Crippen molar-refractivity contribution < 1.29 is 14.4 Å². The number of imidazole rings is 1. The first-order valence-electron chi connectivity index (χ1n) is 5.83. The van der Waals surface area contributed by atoms with Gasteiger partial charge in [-0.05, 0) is 13.0 Å². The SMILES string of the molecule is Cc1cccc(-c2noc(-c3[nH]cnc3C(=O)O)n2)c1. The van der Waals surface area contributed by atoms with Gasteiger partial charge in [0.1, 0.15) is 5.69 Å². The number of carboxylic acids is 1. The summed E-state index contributed by atoms with van der Waals surface area (Å²) in [7, 11) is 0. The average molecular weight is 270 g/mol. The minimum absolute atomic E-state index is 0.0939. The van der Waals surface area contributed by atoms with Gasteiger partial charge < -0.3 is 14.6 Å². The van der Waals surface area contributed by atoms with Crippen LogP contribution in [0.15, 0.2) is 35.1 Å². The lowest BCUT2D eigenvalue weighted by Gasteiger charge is -1.95. The highest BCUT2D eigenvalue weighted by molar-refractivity contribution is 5.91. The second-order valence-corrected chi connectivity index (χ2v) is 4.22. The molecule has 0 aliphatic carbocycles. The minimum atomic E-state index is -1.16. The standard InChI is InChI=1S/C13H10N4O3/c1-7-3-2-4-8(5-7)11-16-12(20-17-11)9-10(13(18)19)15-6-14-9/h2-6H,1H3,(H,14,15)(H,18,19). The van der Waals surface area contributed by atoms with Crippen LogP contribution in [0.5, 0.6) is 0 Å². The van der Waals surface area contributed by atoms with Gasteiger partial charge in [-0.25, -0.2) is 9.78 Å². The first-order valence-corrected chi connectivity index (χ1v) is 5.83. The molecule has 3 aromatic rings. The average Bonchev–Trinajstić information content (AvgIpc) is 3.07. The van der Waals surface area contributed by atoms with Crippen molar-refractivity contribution >= 4 is 5.97 Å². The molecule has 0 saturated carbocycles. The third-order valence-electron chi connectivity index (χ3n) is 2.76. The normalized spacial score (nSPS) is 10.7. The highest BCUT2D eigenvalue weighted by Crippen LogP contribution is 2.23. The Balaban J connectivity index is 2.02. The van der Waals surface area contributed by atoms with Gasteiger partial charge >= 0.3 is 5.97 Å². The number of aromatic nitrogens is 4. The highest BCUT2D eigenvalue weighted by atomic mass is 16.5. The molecule has 0 aliphatic heterocycles. The van der Waals surface area contributed by atoms with Gasteiger partial charge in [0, 0.05) is 5.56 Å². The Hall–Kier alpha value is -2.96. The summed E-state index contributed by atoms with van der Waals surface area (Å²) in [5.74, 6) is -0.664. The summed E-state index contributed by atoms with van der Waals surface area (Å²) in [5, 5.41) is 12.9. The smallest absolute Gasteiger partial charge is 0.356 e. The van der Waals surface area contributed by atoms with Gasteiger partial charge in [-0.15, -0.1) is 0 Å². The zero-order valence-electron chi connectivity index (χ0n) is 10.5. The van der Waals surface area contributed by atoms with Crippen LogP contribution in [0.3, 0.4) is 0 Å². The van der Waals surface area contributed by atoms with Crippen LogP contribution >= 0.6 is 0 Å². The van der Waals surface area contributed by atoms with Crippen molar-refractivity contribution in [1.29, 1.82) is 0 Å². The fourth-order valence-corrected chi connectivity index (χ4v) is 1.85. The van der Waals surface area contributed by atoms with Gasteiger partial charge in [-0.2, -0.15) is 4.98 Å². The number of rotatable bonds is 3. The van der Waals surface area contributed by atoms with Crippen LogP contribution in [0.4, 0.5) is 0 Å². The summed E-state index contributed by atoms with van der Waals surface area (Å²) in [6.07, 6.45) is 1.27. The van der Waals surface area contributed by atoms with Crippen molar-refractivity contribution in [3.8, 4) is 23.0 Å². The minimum Gasteiger partial charge on any atom is -0.476 e. The summed E-state index contributed by atoms with van der Waals surface area (Å²) in [6.45, 7) is 1.96. The number of aromatic amines is 1. The molecule has 0 amide bonds. The van der Waals surface area contributed by atoms with Gasteiger partial charge in [0.05, 0.1) is 6.33 Å². The van der Waals surface area contributed by atoms with Crippen LogP contribution in [0.2, 0.25) is 0 Å². The number of aryl methyl sites for hydroxylation is 1. The molecule has 0 atom stereocenters. The molecule has 2 heterocycles. The van der Waals surface area contributed by atoms with E-state index in [1.165, 1.54) is 6.33 Å². The number of nitrogens with one attached hydrogen (secondary N) is 1. The molecular formula is C13H10N4O3. The van der Waals surface area contributed by atoms with E-state index in [9.17, 15) is 4.79 Å². The second kappa shape index (κ2) is 4.61. The molecule has 0 unspecified atom stereocenters. The maximum atomic E-state index is 11.0. The fourth-order valence-electron chi connectivity index (χ4n) is 1.85. The lowest BCUT2D eigenvalue weighted by molar-refractivity contribution is 0.0691. The largest absolute Gasteiger partial charge is 0.476 e. The number of carboxylic acid groups (broad SMARTS) is 1. The van der Waals surface area contributed by atoms with Gasteiger partial charge in [0.15, 0.2) is 5.69 Å². The predicted octanol–water partition coefficient (Wildman–Crippen LogP) is 2.13. The summed E-state index contributed by atoms with van der Waals surface area (Å²) in [6, 6.07) is 7.62. The van der Waals surface area contributed by atoms with Crippen LogP contribution in [-0.2, 0) is 0 Å². The molecule has 7 nitrogen and oxygen atoms in total. The van der Waals surface area contributed by atoms with Crippen LogP contribution in [-0.4, -0.2) is 31.2 Å². The molecule has 0 radical (unpaired) electrons. The molecule has 0 aliphatic rings. The first kappa shape index (κ1) is 12.1. The second-order valence-electron chi connectivity index (χ2n) is 4.22. The molecule has 0 bridgehead atoms. The Bertz CT molecular complexity index is 775. The van der Waals surface area contributed by atoms with Crippen LogP contribution < -0.4 is 0 Å². The third-order valence-corrected chi connectivity index (χ3v) is 2.76. The van der Waals surface area contributed by atoms with E-state index in [1.807, 2.05) is 31.2 Å². The Kier molecular flexibility index (Phi) is 2.79. The monoisotopic (exact) mass is 270 g/mol. The molecule has 3 rings (SSSR count). The molecule has 7 heteroatoms. The molecule has 2 aromatic heterocycles. The molecule has 20 heavy (non-hydrogen) atoms. The van der Waals surface area contributed by atoms with E-state index in [4.69, 9.17) is 9.63 Å². The van der Waals surface area contributed by atoms with Gasteiger partial charge in [0.25, 0.3) is 5.89 Å². The van der Waals surface area contributed by atoms with Crippen molar-refractivity contribution in [3.63, 3.8) is 0 Å². The lowest BCUT2D eigenvalue weighted by atomic mass is 10.1. The number of nitrogens with zero attached hydrogens (tertiary/aromatic N) is 3. The van der Waals surface area contributed by atoms with Crippen LogP contribution in [0, 0.1) is 6.92 Å². The summed E-state index contributed by atoms with van der Waals surface area (Å²) >= 11 is 0. The predicted molar refractivity (Wildman–Crippen MR) is 69.0 cm³/mol. The van der Waals surface area contributed by atoms with E-state index in [-0.39, 0.29) is 17.3 Å². The summed E-state index contributed by atoms with van der Waals surface area (Å²) in [5.41, 5.74) is 1.92. The first-order chi connectivity index (χ1) is 9.65. The Morgan fingerprint density at radius 1 is 1.40 bits per heavy atom. The number of hydrogen-bond acceptors (Lipinski definition) is 5. The van der Waals surface area contributed by atoms with E-state index in [1.54, 1.807) is 0 Å². The third kappa shape index (κ3) is 2.05. The highest BCUT2D eigenvalue weighted by Gasteiger charge is 2.20. The van der Waals surface area contributed by atoms with E-state index in [0.717, 1.165) is 11.1 Å². The Morgan fingerprint density at radius 3 is 3.00 bits per heavy atom. The Labute approximate surface area is 113 Å². The number of benzene rings is 1. The number of carbonyl (C=O) groups is 1. The molecular weight excluding hydrogens is 260 g/mol. The molecule has 0 spiro atoms. The lowest BCUT2D eigenvalue weighted by Crippen LogP contribution is -1.99. The van der Waals surface area contributed by atoms with Crippen molar-refractivity contribution in [1.82, 2.24) is 20.1 Å². The zero-order valence-corrected chi connectivity index (χ0v) is 10.5. The topological polar surface area (TPSA) is 105 Å². The molecule has 100 valence electrons. The molecule has 0 fully saturated rings. The maximum Gasteiger partial charge on any atom is 0.356 e. The maximum absolute atomic E-state index is 11.0. The summed E-state index contributed by atoms with van der Waals surface area (Å²) in [4.78, 5) is 21.6. The molecule has 1 aromatic carbocycles. The van der Waals surface area contributed by atoms with Crippen molar-refractivity contribution in [2.75, 3.05) is 0 Å². The van der Waals surface area contributed by atoms with Crippen LogP contribution in [0.1, 0.15) is 16.1 Å². The van der Waals surface area contributed by atoms with Gasteiger partial charge in [-0.3, -0.25) is 0 Å². The number of aromatic carboxylic acids is 1. The zero-order chi connectivity index (χ0) is 14.1. The Morgan fingerprint density at radius 2 is 2.25 bits per heavy atom. The fraction of sp³-hybridized carbons (Fsp3) is 0.0769. The number of hydrogen-bond donors (Lipinski definition) is 2. The van der Waals surface area contributed by atoms with E-state index >= 15 is 0 Å². The van der Waals surface area contributed by atoms with Crippen LogP contribution in [0.25, 0.3) is 23.0 Å². The quantitative estimate of drug-likeness (QED) is 0.755. The molecule has 2 N–H and O–H groups in total. The van der Waals surface area contributed by atoms with Gasteiger partial charge in [0.2, 0.25) is 5.82 Å². The van der Waals surface area contributed by atoms with Gasteiger partial charge in [-0.1, -0.05) is 28.9 Å². The van der Waals surface area contributed by atoms with E-state index in [2.05, 4.69) is 20.1 Å². The van der Waals surface area contributed by atoms with Crippen molar-refractivity contribution in [3.05, 3.63) is 41.9 Å². The summed E-state index contributed by atoms with van der Waals surface area (Å²) < 4.78 is 5.10. The van der Waals surface area contributed by atoms with E-state index < -0.39 is 5.97 Å². The van der Waals surface area contributed by atoms with Crippen molar-refractivity contribution in [2.45, 2.75) is 6.92 Å². The molecule has 0 saturated heterocycles.